The maximum absolute atomic E-state index is 12.6. The van der Waals surface area contributed by atoms with Crippen LogP contribution < -0.4 is 5.32 Å². The average molecular weight is 403 g/mol. The smallest absolute Gasteiger partial charge is 0.244 e. The molecule has 3 rings (SSSR count). The van der Waals surface area contributed by atoms with Crippen LogP contribution in [0.4, 0.5) is 5.82 Å². The minimum absolute atomic E-state index is 0.227. The van der Waals surface area contributed by atoms with Crippen LogP contribution in [-0.2, 0) is 23.6 Å². The molecule has 1 fully saturated rings. The lowest BCUT2D eigenvalue weighted by Crippen LogP contribution is -2.35. The minimum atomic E-state index is -3.45. The number of halogens is 2. The molecule has 2 aromatic heterocycles. The van der Waals surface area contributed by atoms with Crippen molar-refractivity contribution < 1.29 is 8.42 Å². The third-order valence-electron chi connectivity index (χ3n) is 4.36. The van der Waals surface area contributed by atoms with Gasteiger partial charge in [-0.2, -0.15) is 4.31 Å². The lowest BCUT2D eigenvalue weighted by molar-refractivity contribution is 0.346. The maximum atomic E-state index is 12.6. The largest absolute Gasteiger partial charge is 0.364 e. The maximum Gasteiger partial charge on any atom is 0.244 e. The Morgan fingerprint density at radius 1 is 1.20 bits per heavy atom. The Hall–Kier alpha value is -1.28. The summed E-state index contributed by atoms with van der Waals surface area (Å²) in [6, 6.07) is 5.04. The fourth-order valence-electron chi connectivity index (χ4n) is 2.83. The molecule has 0 spiro atoms. The van der Waals surface area contributed by atoms with Crippen LogP contribution in [0.5, 0.6) is 0 Å². The summed E-state index contributed by atoms with van der Waals surface area (Å²) in [7, 11) is -1.62. The summed E-state index contributed by atoms with van der Waals surface area (Å²) in [4.78, 5) is 4.45. The van der Waals surface area contributed by atoms with E-state index >= 15 is 0 Å². The number of aromatic nitrogens is 2. The molecule has 25 heavy (non-hydrogen) atoms. The number of nitrogens with one attached hydrogen (secondary N) is 1. The first-order chi connectivity index (χ1) is 11.9. The van der Waals surface area contributed by atoms with E-state index in [4.69, 9.17) is 23.2 Å². The number of piperidine rings is 1. The molecule has 0 aliphatic carbocycles. The van der Waals surface area contributed by atoms with Crippen molar-refractivity contribution >= 4 is 39.0 Å². The van der Waals surface area contributed by atoms with Crippen LogP contribution in [0, 0.1) is 0 Å². The van der Waals surface area contributed by atoms with Crippen LogP contribution in [0.15, 0.2) is 29.3 Å². The molecule has 1 aliphatic heterocycles. The van der Waals surface area contributed by atoms with E-state index in [2.05, 4.69) is 10.3 Å². The van der Waals surface area contributed by atoms with Gasteiger partial charge in [0.1, 0.15) is 15.9 Å². The van der Waals surface area contributed by atoms with Crippen molar-refractivity contribution in [2.75, 3.05) is 18.4 Å². The molecular formula is C16H20Cl2N4O2S. The number of hydrogen-bond donors (Lipinski definition) is 1. The lowest BCUT2D eigenvalue weighted by atomic mass is 10.2. The Labute approximate surface area is 157 Å². The van der Waals surface area contributed by atoms with Crippen molar-refractivity contribution in [1.82, 2.24) is 13.9 Å². The van der Waals surface area contributed by atoms with Crippen LogP contribution in [0.1, 0.15) is 25.0 Å². The zero-order valence-electron chi connectivity index (χ0n) is 13.9. The molecule has 0 atom stereocenters. The summed E-state index contributed by atoms with van der Waals surface area (Å²) < 4.78 is 28.5. The zero-order chi connectivity index (χ0) is 18.0. The molecular weight excluding hydrogens is 383 g/mol. The highest BCUT2D eigenvalue weighted by Gasteiger charge is 2.26. The Morgan fingerprint density at radius 2 is 1.92 bits per heavy atom. The molecule has 1 saturated heterocycles. The minimum Gasteiger partial charge on any atom is -0.364 e. The van der Waals surface area contributed by atoms with Crippen LogP contribution in [-0.4, -0.2) is 35.4 Å². The van der Waals surface area contributed by atoms with Gasteiger partial charge in [0.2, 0.25) is 10.0 Å². The molecule has 0 radical (unpaired) electrons. The van der Waals surface area contributed by atoms with E-state index in [9.17, 15) is 8.42 Å². The van der Waals surface area contributed by atoms with Crippen LogP contribution in [0.3, 0.4) is 0 Å². The number of nitrogens with zero attached hydrogens (tertiary/aromatic N) is 3. The van der Waals surface area contributed by atoms with E-state index in [-0.39, 0.29) is 4.90 Å². The van der Waals surface area contributed by atoms with Gasteiger partial charge in [-0.05, 0) is 31.0 Å². The van der Waals surface area contributed by atoms with Crippen LogP contribution in [0.25, 0.3) is 0 Å². The predicted octanol–water partition coefficient (Wildman–Crippen LogP) is 3.51. The molecule has 2 aromatic rings. The molecule has 0 amide bonds. The average Bonchev–Trinajstić information content (AvgIpc) is 2.88. The normalized spacial score (nSPS) is 16.1. The standard InChI is InChI=1S/C16H20Cl2N4O2S/c1-21-12(9-14(17)16(21)18)10-19-15-6-5-13(11-20-15)25(23,24)22-7-3-2-4-8-22/h5-6,9,11H,2-4,7-8,10H2,1H3,(H,19,20). The second kappa shape index (κ2) is 7.53. The highest BCUT2D eigenvalue weighted by atomic mass is 35.5. The van der Waals surface area contributed by atoms with Crippen LogP contribution >= 0.6 is 23.2 Å². The molecule has 1 aliphatic rings. The second-order valence-electron chi connectivity index (χ2n) is 6.03. The molecule has 0 aromatic carbocycles. The third-order valence-corrected chi connectivity index (χ3v) is 7.08. The monoisotopic (exact) mass is 402 g/mol. The van der Waals surface area contributed by atoms with Gasteiger partial charge in [-0.3, -0.25) is 0 Å². The quantitative estimate of drug-likeness (QED) is 0.830. The first-order valence-electron chi connectivity index (χ1n) is 8.09. The van der Waals surface area contributed by atoms with Gasteiger partial charge >= 0.3 is 0 Å². The fourth-order valence-corrected chi connectivity index (χ4v) is 4.71. The fraction of sp³-hybridized carbons (Fsp3) is 0.438. The predicted molar refractivity (Wildman–Crippen MR) is 99.6 cm³/mol. The molecule has 3 heterocycles. The summed E-state index contributed by atoms with van der Waals surface area (Å²) in [6.07, 6.45) is 4.31. The summed E-state index contributed by atoms with van der Waals surface area (Å²) in [5.41, 5.74) is 0.904. The summed E-state index contributed by atoms with van der Waals surface area (Å²) in [6.45, 7) is 1.64. The summed E-state index contributed by atoms with van der Waals surface area (Å²) >= 11 is 12.0. The van der Waals surface area contributed by atoms with Gasteiger partial charge in [-0.25, -0.2) is 13.4 Å². The molecule has 0 bridgehead atoms. The van der Waals surface area contributed by atoms with E-state index in [0.717, 1.165) is 25.0 Å². The van der Waals surface area contributed by atoms with Crippen molar-refractivity contribution in [3.8, 4) is 0 Å². The number of hydrogen-bond acceptors (Lipinski definition) is 4. The molecule has 1 N–H and O–H groups in total. The SMILES string of the molecule is Cn1c(CNc2ccc(S(=O)(=O)N3CCCCC3)cn2)cc(Cl)c1Cl. The van der Waals surface area contributed by atoms with Gasteiger partial charge in [0.05, 0.1) is 11.6 Å². The van der Waals surface area contributed by atoms with Gasteiger partial charge in [0.25, 0.3) is 0 Å². The molecule has 136 valence electrons. The molecule has 9 heteroatoms. The van der Waals surface area contributed by atoms with Crippen molar-refractivity contribution in [2.45, 2.75) is 30.7 Å². The number of rotatable bonds is 5. The van der Waals surface area contributed by atoms with Gasteiger partial charge in [0.15, 0.2) is 0 Å². The number of anilines is 1. The Kier molecular flexibility index (Phi) is 5.58. The topological polar surface area (TPSA) is 67.2 Å². The Balaban J connectivity index is 1.68. The lowest BCUT2D eigenvalue weighted by Gasteiger charge is -2.25. The number of sulfonamides is 1. The summed E-state index contributed by atoms with van der Waals surface area (Å²) in [5, 5.41) is 4.12. The van der Waals surface area contributed by atoms with Gasteiger partial charge in [-0.15, -0.1) is 0 Å². The van der Waals surface area contributed by atoms with E-state index in [1.54, 1.807) is 22.8 Å². The first-order valence-corrected chi connectivity index (χ1v) is 10.3. The molecule has 0 unspecified atom stereocenters. The van der Waals surface area contributed by atoms with Gasteiger partial charge in [-0.1, -0.05) is 29.6 Å². The Bertz CT molecular complexity index is 844. The van der Waals surface area contributed by atoms with Gasteiger partial charge in [0, 0.05) is 32.0 Å². The first kappa shape index (κ1) is 18.5. The molecule has 6 nitrogen and oxygen atoms in total. The highest BCUT2D eigenvalue weighted by molar-refractivity contribution is 7.89. The van der Waals surface area contributed by atoms with Gasteiger partial charge < -0.3 is 9.88 Å². The number of pyridine rings is 1. The Morgan fingerprint density at radius 3 is 2.48 bits per heavy atom. The summed E-state index contributed by atoms with van der Waals surface area (Å²) in [5.74, 6) is 0.589. The van der Waals surface area contributed by atoms with Crippen molar-refractivity contribution in [3.05, 3.63) is 40.3 Å². The van der Waals surface area contributed by atoms with Crippen molar-refractivity contribution in [2.24, 2.45) is 7.05 Å². The second-order valence-corrected chi connectivity index (χ2v) is 8.73. The van der Waals surface area contributed by atoms with E-state index in [1.165, 1.54) is 10.5 Å². The van der Waals surface area contributed by atoms with Crippen LogP contribution in [0.2, 0.25) is 10.2 Å². The zero-order valence-corrected chi connectivity index (χ0v) is 16.2. The van der Waals surface area contributed by atoms with E-state index in [0.29, 0.717) is 35.6 Å². The third kappa shape index (κ3) is 3.95. The van der Waals surface area contributed by atoms with E-state index in [1.807, 2.05) is 7.05 Å². The van der Waals surface area contributed by atoms with E-state index < -0.39 is 10.0 Å². The molecule has 0 saturated carbocycles. The van der Waals surface area contributed by atoms with Crippen molar-refractivity contribution in [3.63, 3.8) is 0 Å². The van der Waals surface area contributed by atoms with Crippen molar-refractivity contribution in [1.29, 1.82) is 0 Å². The highest BCUT2D eigenvalue weighted by Crippen LogP contribution is 2.26.